The molecule has 0 saturated carbocycles. The zero-order valence-corrected chi connectivity index (χ0v) is 10.7. The highest BCUT2D eigenvalue weighted by Gasteiger charge is 2.08. The quantitative estimate of drug-likeness (QED) is 0.910. The van der Waals surface area contributed by atoms with Crippen LogP contribution in [0.2, 0.25) is 0 Å². The number of ether oxygens (including phenoxy) is 1. The van der Waals surface area contributed by atoms with Gasteiger partial charge in [-0.2, -0.15) is 5.26 Å². The number of aliphatic hydroxyl groups excluding tert-OH is 1. The van der Waals surface area contributed by atoms with Crippen LogP contribution < -0.4 is 4.74 Å². The van der Waals surface area contributed by atoms with Crippen molar-refractivity contribution < 1.29 is 9.84 Å². The number of para-hydroxylation sites is 1. The van der Waals surface area contributed by atoms with E-state index in [1.54, 1.807) is 19.1 Å². The molecule has 0 fully saturated rings. The molecule has 1 atom stereocenters. The van der Waals surface area contributed by atoms with E-state index in [9.17, 15) is 5.11 Å². The number of hydrogen-bond donors (Lipinski definition) is 1. The minimum absolute atomic E-state index is 0.374. The second-order valence-electron chi connectivity index (χ2n) is 4.31. The molecule has 2 aromatic carbocycles. The number of nitrogens with zero attached hydrogens (tertiary/aromatic N) is 1. The van der Waals surface area contributed by atoms with Gasteiger partial charge in [0.25, 0.3) is 0 Å². The van der Waals surface area contributed by atoms with E-state index in [4.69, 9.17) is 10.00 Å². The highest BCUT2D eigenvalue weighted by molar-refractivity contribution is 5.36. The first-order chi connectivity index (χ1) is 9.20. The summed E-state index contributed by atoms with van der Waals surface area (Å²) in [4.78, 5) is 0. The van der Waals surface area contributed by atoms with Gasteiger partial charge in [0.05, 0.1) is 17.7 Å². The fraction of sp³-hybridized carbons (Fsp3) is 0.188. The lowest BCUT2D eigenvalue weighted by atomic mass is 10.1. The predicted molar refractivity (Wildman–Crippen MR) is 72.6 cm³/mol. The Kier molecular flexibility index (Phi) is 4.17. The molecule has 0 heterocycles. The van der Waals surface area contributed by atoms with Crippen LogP contribution in [0, 0.1) is 11.3 Å². The smallest absolute Gasteiger partial charge is 0.125 e. The summed E-state index contributed by atoms with van der Waals surface area (Å²) in [5.74, 6) is 0.667. The molecule has 2 rings (SSSR count). The molecule has 19 heavy (non-hydrogen) atoms. The molecule has 0 amide bonds. The summed E-state index contributed by atoms with van der Waals surface area (Å²) in [6.07, 6.45) is -0.568. The normalized spacial score (nSPS) is 11.6. The minimum Gasteiger partial charge on any atom is -0.489 e. The van der Waals surface area contributed by atoms with Crippen LogP contribution in [0.4, 0.5) is 0 Å². The van der Waals surface area contributed by atoms with Crippen LogP contribution in [0.25, 0.3) is 0 Å². The second kappa shape index (κ2) is 6.03. The zero-order chi connectivity index (χ0) is 13.7. The lowest BCUT2D eigenvalue weighted by molar-refractivity contribution is 0.190. The Morgan fingerprint density at radius 2 is 2.00 bits per heavy atom. The molecule has 96 valence electrons. The Morgan fingerprint density at radius 3 is 2.74 bits per heavy atom. The average molecular weight is 253 g/mol. The molecular weight excluding hydrogens is 238 g/mol. The summed E-state index contributed by atoms with van der Waals surface area (Å²) in [5.41, 5.74) is 2.31. The van der Waals surface area contributed by atoms with Crippen molar-refractivity contribution in [3.8, 4) is 11.8 Å². The van der Waals surface area contributed by atoms with Gasteiger partial charge in [-0.3, -0.25) is 0 Å². The van der Waals surface area contributed by atoms with Gasteiger partial charge in [-0.1, -0.05) is 30.3 Å². The average Bonchev–Trinajstić information content (AvgIpc) is 2.45. The maximum absolute atomic E-state index is 9.66. The summed E-state index contributed by atoms with van der Waals surface area (Å²) in [6.45, 7) is 2.08. The van der Waals surface area contributed by atoms with Crippen LogP contribution in [0.5, 0.6) is 5.75 Å². The van der Waals surface area contributed by atoms with Gasteiger partial charge in [0, 0.05) is 5.56 Å². The van der Waals surface area contributed by atoms with Crippen molar-refractivity contribution >= 4 is 0 Å². The van der Waals surface area contributed by atoms with E-state index in [2.05, 4.69) is 6.07 Å². The third-order valence-electron chi connectivity index (χ3n) is 2.82. The van der Waals surface area contributed by atoms with Crippen molar-refractivity contribution in [1.29, 1.82) is 5.26 Å². The summed E-state index contributed by atoms with van der Waals surface area (Å²) in [7, 11) is 0. The predicted octanol–water partition coefficient (Wildman–Crippen LogP) is 3.19. The molecule has 1 N–H and O–H groups in total. The maximum atomic E-state index is 9.66. The SMILES string of the molecule is C[C@H](O)c1ccccc1OCc1cccc(C#N)c1. The molecule has 0 aromatic heterocycles. The summed E-state index contributed by atoms with van der Waals surface area (Å²) >= 11 is 0. The Hall–Kier alpha value is -2.31. The van der Waals surface area contributed by atoms with Crippen LogP contribution >= 0.6 is 0 Å². The Bertz CT molecular complexity index is 600. The van der Waals surface area contributed by atoms with E-state index in [1.165, 1.54) is 0 Å². The summed E-state index contributed by atoms with van der Waals surface area (Å²) < 4.78 is 5.71. The maximum Gasteiger partial charge on any atom is 0.125 e. The molecule has 0 saturated heterocycles. The summed E-state index contributed by atoms with van der Waals surface area (Å²) in [5, 5.41) is 18.5. The number of benzene rings is 2. The topological polar surface area (TPSA) is 53.2 Å². The third-order valence-corrected chi connectivity index (χ3v) is 2.82. The lowest BCUT2D eigenvalue weighted by Crippen LogP contribution is -2.01. The van der Waals surface area contributed by atoms with Crippen molar-refractivity contribution in [2.75, 3.05) is 0 Å². The molecule has 3 heteroatoms. The van der Waals surface area contributed by atoms with Gasteiger partial charge >= 0.3 is 0 Å². The molecule has 0 unspecified atom stereocenters. The first-order valence-electron chi connectivity index (χ1n) is 6.09. The number of aliphatic hydroxyl groups is 1. The second-order valence-corrected chi connectivity index (χ2v) is 4.31. The van der Waals surface area contributed by atoms with Crippen LogP contribution in [0.1, 0.15) is 29.7 Å². The number of hydrogen-bond acceptors (Lipinski definition) is 3. The van der Waals surface area contributed by atoms with Crippen molar-refractivity contribution in [2.24, 2.45) is 0 Å². The number of nitriles is 1. The largest absolute Gasteiger partial charge is 0.489 e. The fourth-order valence-electron chi connectivity index (χ4n) is 1.85. The molecule has 0 radical (unpaired) electrons. The third kappa shape index (κ3) is 3.34. The first kappa shape index (κ1) is 13.1. The zero-order valence-electron chi connectivity index (χ0n) is 10.7. The minimum atomic E-state index is -0.568. The standard InChI is InChI=1S/C16H15NO2/c1-12(18)15-7-2-3-8-16(15)19-11-14-6-4-5-13(9-14)10-17/h2-9,12,18H,11H2,1H3/t12-/m0/s1. The Labute approximate surface area is 112 Å². The van der Waals surface area contributed by atoms with Crippen LogP contribution in [0.15, 0.2) is 48.5 Å². The highest BCUT2D eigenvalue weighted by atomic mass is 16.5. The van der Waals surface area contributed by atoms with E-state index in [0.717, 1.165) is 11.1 Å². The molecule has 2 aromatic rings. The van der Waals surface area contributed by atoms with Gasteiger partial charge in [0.2, 0.25) is 0 Å². The molecule has 0 bridgehead atoms. The van der Waals surface area contributed by atoms with Gasteiger partial charge in [0.15, 0.2) is 0 Å². The van der Waals surface area contributed by atoms with Crippen LogP contribution in [-0.4, -0.2) is 5.11 Å². The van der Waals surface area contributed by atoms with Crippen molar-refractivity contribution in [3.63, 3.8) is 0 Å². The first-order valence-corrected chi connectivity index (χ1v) is 6.09. The van der Waals surface area contributed by atoms with E-state index in [0.29, 0.717) is 17.9 Å². The Balaban J connectivity index is 2.12. The van der Waals surface area contributed by atoms with Crippen molar-refractivity contribution in [2.45, 2.75) is 19.6 Å². The van der Waals surface area contributed by atoms with E-state index in [1.807, 2.05) is 36.4 Å². The van der Waals surface area contributed by atoms with E-state index in [-0.39, 0.29) is 0 Å². The van der Waals surface area contributed by atoms with Crippen molar-refractivity contribution in [3.05, 3.63) is 65.2 Å². The molecule has 0 spiro atoms. The monoisotopic (exact) mass is 253 g/mol. The van der Waals surface area contributed by atoms with Gasteiger partial charge < -0.3 is 9.84 Å². The van der Waals surface area contributed by atoms with Crippen LogP contribution in [-0.2, 0) is 6.61 Å². The van der Waals surface area contributed by atoms with Gasteiger partial charge in [-0.25, -0.2) is 0 Å². The van der Waals surface area contributed by atoms with Gasteiger partial charge in [-0.05, 0) is 30.7 Å². The van der Waals surface area contributed by atoms with E-state index >= 15 is 0 Å². The lowest BCUT2D eigenvalue weighted by Gasteiger charge is -2.13. The summed E-state index contributed by atoms with van der Waals surface area (Å²) in [6, 6.07) is 16.8. The highest BCUT2D eigenvalue weighted by Crippen LogP contribution is 2.25. The molecule has 0 aliphatic rings. The molecule has 0 aliphatic heterocycles. The van der Waals surface area contributed by atoms with Gasteiger partial charge in [0.1, 0.15) is 12.4 Å². The molecule has 3 nitrogen and oxygen atoms in total. The van der Waals surface area contributed by atoms with E-state index < -0.39 is 6.10 Å². The molecular formula is C16H15NO2. The fourth-order valence-corrected chi connectivity index (χ4v) is 1.85. The van der Waals surface area contributed by atoms with Gasteiger partial charge in [-0.15, -0.1) is 0 Å². The Morgan fingerprint density at radius 1 is 1.21 bits per heavy atom. The molecule has 0 aliphatic carbocycles. The van der Waals surface area contributed by atoms with Crippen LogP contribution in [0.3, 0.4) is 0 Å². The number of rotatable bonds is 4. The van der Waals surface area contributed by atoms with Crippen molar-refractivity contribution in [1.82, 2.24) is 0 Å².